The van der Waals surface area contributed by atoms with Gasteiger partial charge in [0.15, 0.2) is 5.82 Å². The minimum atomic E-state index is -0.621. The van der Waals surface area contributed by atoms with E-state index in [-0.39, 0.29) is 11.1 Å². The Balaban J connectivity index is 1.35. The molecule has 0 aliphatic carbocycles. The van der Waals surface area contributed by atoms with Gasteiger partial charge in [0, 0.05) is 18.5 Å². The van der Waals surface area contributed by atoms with Gasteiger partial charge in [-0.05, 0) is 18.6 Å². The summed E-state index contributed by atoms with van der Waals surface area (Å²) in [5.41, 5.74) is 1.38. The molecule has 2 aliphatic rings. The number of aromatic nitrogens is 3. The van der Waals surface area contributed by atoms with Gasteiger partial charge in [-0.15, -0.1) is 10.2 Å². The van der Waals surface area contributed by atoms with Crippen LogP contribution in [0.25, 0.3) is 11.4 Å². The van der Waals surface area contributed by atoms with Gasteiger partial charge in [0.2, 0.25) is 0 Å². The van der Waals surface area contributed by atoms with Crippen LogP contribution < -0.4 is 0 Å². The summed E-state index contributed by atoms with van der Waals surface area (Å²) in [4.78, 5) is 42.8. The van der Waals surface area contributed by atoms with Crippen molar-refractivity contribution in [3.63, 3.8) is 0 Å². The SMILES string of the molecule is O=C(ON1C(=O)c2ccccc2C1=O)C1CCc2nnc(-c3ccccc3)n2C1. The van der Waals surface area contributed by atoms with Crippen molar-refractivity contribution in [2.75, 3.05) is 0 Å². The standard InChI is InChI=1S/C21H16N4O4/c26-19-15-8-4-5-9-16(15)20(27)25(19)29-21(28)14-10-11-17-22-23-18(24(17)12-14)13-6-2-1-3-7-13/h1-9,14H,10-12H2. The van der Waals surface area contributed by atoms with E-state index in [1.807, 2.05) is 34.9 Å². The maximum atomic E-state index is 12.8. The first-order chi connectivity index (χ1) is 14.1. The fourth-order valence-corrected chi connectivity index (χ4v) is 3.73. The van der Waals surface area contributed by atoms with Crippen molar-refractivity contribution in [3.05, 3.63) is 71.5 Å². The lowest BCUT2D eigenvalue weighted by Gasteiger charge is -2.24. The highest BCUT2D eigenvalue weighted by Gasteiger charge is 2.40. The Kier molecular flexibility index (Phi) is 3.97. The molecule has 144 valence electrons. The van der Waals surface area contributed by atoms with Gasteiger partial charge in [-0.1, -0.05) is 47.5 Å². The number of nitrogens with zero attached hydrogens (tertiary/aromatic N) is 4. The summed E-state index contributed by atoms with van der Waals surface area (Å²) in [7, 11) is 0. The monoisotopic (exact) mass is 388 g/mol. The predicted octanol–water partition coefficient (Wildman–Crippen LogP) is 2.26. The molecular formula is C21H16N4O4. The minimum Gasteiger partial charge on any atom is -0.329 e. The van der Waals surface area contributed by atoms with Gasteiger partial charge in [0.1, 0.15) is 5.82 Å². The number of rotatable bonds is 3. The molecule has 0 saturated heterocycles. The lowest BCUT2D eigenvalue weighted by Crippen LogP contribution is -2.37. The number of benzene rings is 2. The van der Waals surface area contributed by atoms with Crippen molar-refractivity contribution in [2.24, 2.45) is 5.92 Å². The first-order valence-corrected chi connectivity index (χ1v) is 9.30. The maximum absolute atomic E-state index is 12.8. The van der Waals surface area contributed by atoms with Gasteiger partial charge < -0.3 is 9.40 Å². The summed E-state index contributed by atoms with van der Waals surface area (Å²) >= 11 is 0. The molecule has 2 aromatic carbocycles. The quantitative estimate of drug-likeness (QED) is 0.639. The number of amides is 2. The first-order valence-electron chi connectivity index (χ1n) is 9.30. The van der Waals surface area contributed by atoms with Crippen molar-refractivity contribution < 1.29 is 19.2 Å². The Morgan fingerprint density at radius 1 is 0.931 bits per heavy atom. The van der Waals surface area contributed by atoms with Crippen molar-refractivity contribution >= 4 is 17.8 Å². The average Bonchev–Trinajstić information content (AvgIpc) is 3.29. The summed E-state index contributed by atoms with van der Waals surface area (Å²) in [6.07, 6.45) is 1.07. The number of hydrogen-bond donors (Lipinski definition) is 0. The summed E-state index contributed by atoms with van der Waals surface area (Å²) in [5, 5.41) is 9.04. The van der Waals surface area contributed by atoms with Crippen LogP contribution in [0.4, 0.5) is 0 Å². The Morgan fingerprint density at radius 3 is 2.28 bits per heavy atom. The first kappa shape index (κ1) is 17.3. The lowest BCUT2D eigenvalue weighted by atomic mass is 9.99. The number of fused-ring (bicyclic) bond motifs is 2. The van der Waals surface area contributed by atoms with Crippen LogP contribution >= 0.6 is 0 Å². The highest BCUT2D eigenvalue weighted by Crippen LogP contribution is 2.28. The molecule has 2 amide bonds. The zero-order valence-electron chi connectivity index (χ0n) is 15.3. The van der Waals surface area contributed by atoms with E-state index in [1.165, 1.54) is 0 Å². The molecule has 2 aliphatic heterocycles. The molecule has 8 nitrogen and oxygen atoms in total. The molecule has 8 heteroatoms. The normalized spacial score (nSPS) is 17.8. The second kappa shape index (κ2) is 6.66. The van der Waals surface area contributed by atoms with Crippen molar-refractivity contribution in [2.45, 2.75) is 19.4 Å². The third-order valence-electron chi connectivity index (χ3n) is 5.25. The number of hydroxylamine groups is 2. The molecule has 0 radical (unpaired) electrons. The van der Waals surface area contributed by atoms with Crippen LogP contribution in [-0.2, 0) is 22.6 Å². The van der Waals surface area contributed by atoms with Crippen LogP contribution in [0.5, 0.6) is 0 Å². The lowest BCUT2D eigenvalue weighted by molar-refractivity contribution is -0.174. The molecule has 5 rings (SSSR count). The summed E-state index contributed by atoms with van der Waals surface area (Å²) in [6.45, 7) is 0.328. The number of carbonyl (C=O) groups is 3. The van der Waals surface area contributed by atoms with Crippen LogP contribution in [-0.4, -0.2) is 37.6 Å². The second-order valence-corrected chi connectivity index (χ2v) is 7.01. The van der Waals surface area contributed by atoms with Crippen LogP contribution in [0.3, 0.4) is 0 Å². The van der Waals surface area contributed by atoms with Crippen molar-refractivity contribution in [1.29, 1.82) is 0 Å². The summed E-state index contributed by atoms with van der Waals surface area (Å²) in [5.74, 6) is -0.884. The Morgan fingerprint density at radius 2 is 1.59 bits per heavy atom. The summed E-state index contributed by atoms with van der Waals surface area (Å²) in [6, 6.07) is 16.0. The average molecular weight is 388 g/mol. The Labute approximate surface area is 165 Å². The van der Waals surface area contributed by atoms with Crippen molar-refractivity contribution in [3.8, 4) is 11.4 Å². The molecule has 29 heavy (non-hydrogen) atoms. The third-order valence-corrected chi connectivity index (χ3v) is 5.25. The molecule has 0 saturated carbocycles. The van der Waals surface area contributed by atoms with E-state index in [0.29, 0.717) is 30.3 Å². The number of imide groups is 1. The zero-order valence-corrected chi connectivity index (χ0v) is 15.3. The van der Waals surface area contributed by atoms with Crippen LogP contribution in [0, 0.1) is 5.92 Å². The number of carbonyl (C=O) groups excluding carboxylic acids is 3. The predicted molar refractivity (Wildman–Crippen MR) is 100 cm³/mol. The molecule has 1 unspecified atom stereocenters. The third kappa shape index (κ3) is 2.80. The largest absolute Gasteiger partial charge is 0.338 e. The maximum Gasteiger partial charge on any atom is 0.338 e. The molecule has 0 fully saturated rings. The fourth-order valence-electron chi connectivity index (χ4n) is 3.73. The molecule has 0 spiro atoms. The smallest absolute Gasteiger partial charge is 0.329 e. The highest BCUT2D eigenvalue weighted by atomic mass is 16.7. The molecule has 0 bridgehead atoms. The van der Waals surface area contributed by atoms with E-state index >= 15 is 0 Å². The second-order valence-electron chi connectivity index (χ2n) is 7.01. The Hall–Kier alpha value is -3.81. The number of hydrogen-bond acceptors (Lipinski definition) is 6. The van der Waals surface area contributed by atoms with Crippen molar-refractivity contribution in [1.82, 2.24) is 19.8 Å². The van der Waals surface area contributed by atoms with Gasteiger partial charge >= 0.3 is 5.97 Å². The number of aryl methyl sites for hydroxylation is 1. The highest BCUT2D eigenvalue weighted by molar-refractivity contribution is 6.20. The molecule has 1 atom stereocenters. The summed E-state index contributed by atoms with van der Waals surface area (Å²) < 4.78 is 1.90. The van der Waals surface area contributed by atoms with Gasteiger partial charge in [-0.3, -0.25) is 9.59 Å². The van der Waals surface area contributed by atoms with Gasteiger partial charge in [0.25, 0.3) is 11.8 Å². The fraction of sp³-hybridized carbons (Fsp3) is 0.190. The van der Waals surface area contributed by atoms with E-state index in [2.05, 4.69) is 10.2 Å². The molecule has 1 aromatic heterocycles. The van der Waals surface area contributed by atoms with Crippen LogP contribution in [0.2, 0.25) is 0 Å². The molecule has 0 N–H and O–H groups in total. The molecular weight excluding hydrogens is 372 g/mol. The molecule has 3 heterocycles. The van der Waals surface area contributed by atoms with E-state index in [4.69, 9.17) is 4.84 Å². The Bertz CT molecular complexity index is 1100. The van der Waals surface area contributed by atoms with E-state index in [9.17, 15) is 14.4 Å². The topological polar surface area (TPSA) is 94.4 Å². The van der Waals surface area contributed by atoms with E-state index in [0.717, 1.165) is 11.4 Å². The minimum absolute atomic E-state index is 0.237. The van der Waals surface area contributed by atoms with E-state index in [1.54, 1.807) is 24.3 Å². The zero-order chi connectivity index (χ0) is 20.0. The van der Waals surface area contributed by atoms with Crippen LogP contribution in [0.15, 0.2) is 54.6 Å². The molecule has 3 aromatic rings. The van der Waals surface area contributed by atoms with Gasteiger partial charge in [-0.25, -0.2) is 4.79 Å². The van der Waals surface area contributed by atoms with Gasteiger partial charge in [-0.2, -0.15) is 0 Å². The van der Waals surface area contributed by atoms with E-state index < -0.39 is 23.7 Å². The van der Waals surface area contributed by atoms with Gasteiger partial charge in [0.05, 0.1) is 17.0 Å². The van der Waals surface area contributed by atoms with Crippen LogP contribution in [0.1, 0.15) is 33.0 Å².